The Labute approximate surface area is 164 Å². The second kappa shape index (κ2) is 22.7. The molecular weight excluding hydrogens is 320 g/mol. The van der Waals surface area contributed by atoms with E-state index in [-0.39, 0.29) is 6.10 Å². The molecule has 0 aliphatic carbocycles. The molecule has 156 valence electrons. The van der Waals surface area contributed by atoms with Gasteiger partial charge in [-0.3, -0.25) is 0 Å². The summed E-state index contributed by atoms with van der Waals surface area (Å²) >= 11 is 0. The van der Waals surface area contributed by atoms with Crippen LogP contribution < -0.4 is 0 Å². The number of aldehydes is 1. The first-order chi connectivity index (χ1) is 12.8. The van der Waals surface area contributed by atoms with Gasteiger partial charge in [-0.25, -0.2) is 0 Å². The lowest BCUT2D eigenvalue weighted by Crippen LogP contribution is -2.14. The molecule has 26 heavy (non-hydrogen) atoms. The molecule has 2 heteroatoms. The van der Waals surface area contributed by atoms with Crippen molar-refractivity contribution in [1.82, 2.24) is 0 Å². The summed E-state index contributed by atoms with van der Waals surface area (Å²) in [7, 11) is 0. The summed E-state index contributed by atoms with van der Waals surface area (Å²) in [4.78, 5) is 10.9. The normalized spacial score (nSPS) is 12.4. The third kappa shape index (κ3) is 19.9. The van der Waals surface area contributed by atoms with Crippen LogP contribution in [0.3, 0.4) is 0 Å². The highest BCUT2D eigenvalue weighted by molar-refractivity contribution is 5.50. The van der Waals surface area contributed by atoms with Crippen molar-refractivity contribution in [3.8, 4) is 0 Å². The van der Waals surface area contributed by atoms with Crippen LogP contribution in [0.2, 0.25) is 0 Å². The topological polar surface area (TPSA) is 26.3 Å². The van der Waals surface area contributed by atoms with E-state index in [0.29, 0.717) is 6.42 Å². The van der Waals surface area contributed by atoms with Gasteiger partial charge in [0.2, 0.25) is 0 Å². The second-order valence-corrected chi connectivity index (χ2v) is 7.99. The molecule has 0 unspecified atom stereocenters. The van der Waals surface area contributed by atoms with E-state index in [4.69, 9.17) is 4.74 Å². The van der Waals surface area contributed by atoms with Crippen molar-refractivity contribution < 1.29 is 9.53 Å². The molecule has 1 atom stereocenters. The maximum Gasteiger partial charge on any atom is 0.122 e. The second-order valence-electron chi connectivity index (χ2n) is 7.99. The first kappa shape index (κ1) is 25.6. The lowest BCUT2D eigenvalue weighted by Gasteiger charge is -2.15. The van der Waals surface area contributed by atoms with Crippen LogP contribution in [0.15, 0.2) is 0 Å². The summed E-state index contributed by atoms with van der Waals surface area (Å²) < 4.78 is 5.97. The smallest absolute Gasteiger partial charge is 0.122 e. The van der Waals surface area contributed by atoms with Gasteiger partial charge in [0, 0.05) is 13.0 Å². The predicted octanol–water partition coefficient (Wildman–Crippen LogP) is 8.02. The lowest BCUT2D eigenvalue weighted by atomic mass is 10.0. The quantitative estimate of drug-likeness (QED) is 0.143. The standard InChI is InChI=1S/C24H48O2/c1-3-5-7-9-11-13-14-16-18-20-24(21-22-25)26-23-19-17-15-12-10-8-6-4-2/h22,24H,3-21,23H2,1-2H3/t24-/m1/s1. The van der Waals surface area contributed by atoms with E-state index in [1.54, 1.807) is 0 Å². The van der Waals surface area contributed by atoms with Crippen LogP contribution in [0.5, 0.6) is 0 Å². The van der Waals surface area contributed by atoms with Crippen LogP contribution in [-0.2, 0) is 9.53 Å². The van der Waals surface area contributed by atoms with Gasteiger partial charge in [-0.2, -0.15) is 0 Å². The number of hydrogen-bond donors (Lipinski definition) is 0. The lowest BCUT2D eigenvalue weighted by molar-refractivity contribution is -0.110. The van der Waals surface area contributed by atoms with E-state index in [9.17, 15) is 4.79 Å². The van der Waals surface area contributed by atoms with Gasteiger partial charge in [-0.15, -0.1) is 0 Å². The molecule has 0 aromatic rings. The SMILES string of the molecule is CCCCCCCCCCC[C@H](CC=O)OCCCCCCCCCC. The van der Waals surface area contributed by atoms with Gasteiger partial charge >= 0.3 is 0 Å². The van der Waals surface area contributed by atoms with E-state index in [2.05, 4.69) is 13.8 Å². The van der Waals surface area contributed by atoms with Crippen molar-refractivity contribution in [1.29, 1.82) is 0 Å². The van der Waals surface area contributed by atoms with Crippen LogP contribution in [0.1, 0.15) is 136 Å². The molecule has 0 saturated carbocycles. The van der Waals surface area contributed by atoms with Crippen molar-refractivity contribution in [3.63, 3.8) is 0 Å². The van der Waals surface area contributed by atoms with Crippen LogP contribution in [0, 0.1) is 0 Å². The van der Waals surface area contributed by atoms with E-state index in [1.807, 2.05) is 0 Å². The summed E-state index contributed by atoms with van der Waals surface area (Å²) in [6.45, 7) is 5.37. The number of hydrogen-bond acceptors (Lipinski definition) is 2. The molecular formula is C24H48O2. The molecule has 0 saturated heterocycles. The Bertz CT molecular complexity index is 243. The van der Waals surface area contributed by atoms with Gasteiger partial charge in [0.05, 0.1) is 6.10 Å². The van der Waals surface area contributed by atoms with Crippen LogP contribution in [0.4, 0.5) is 0 Å². The largest absolute Gasteiger partial charge is 0.378 e. The van der Waals surface area contributed by atoms with Gasteiger partial charge < -0.3 is 9.53 Å². The molecule has 2 nitrogen and oxygen atoms in total. The molecule has 0 N–H and O–H groups in total. The first-order valence-corrected chi connectivity index (χ1v) is 11.9. The zero-order valence-electron chi connectivity index (χ0n) is 18.1. The maximum absolute atomic E-state index is 10.9. The minimum Gasteiger partial charge on any atom is -0.378 e. The third-order valence-electron chi connectivity index (χ3n) is 5.34. The fourth-order valence-electron chi connectivity index (χ4n) is 3.55. The fraction of sp³-hybridized carbons (Fsp3) is 0.958. The monoisotopic (exact) mass is 368 g/mol. The highest BCUT2D eigenvalue weighted by Crippen LogP contribution is 2.14. The molecule has 0 aromatic carbocycles. The molecule has 0 bridgehead atoms. The van der Waals surface area contributed by atoms with Gasteiger partial charge in [-0.1, -0.05) is 117 Å². The summed E-state index contributed by atoms with van der Waals surface area (Å²) in [5, 5.41) is 0. The zero-order chi connectivity index (χ0) is 19.1. The summed E-state index contributed by atoms with van der Waals surface area (Å²) in [6, 6.07) is 0. The molecule has 0 aliphatic heterocycles. The molecule has 0 amide bonds. The van der Waals surface area contributed by atoms with Crippen molar-refractivity contribution in [2.75, 3.05) is 6.61 Å². The van der Waals surface area contributed by atoms with Crippen LogP contribution in [-0.4, -0.2) is 19.0 Å². The fourth-order valence-corrected chi connectivity index (χ4v) is 3.55. The number of ether oxygens (including phenoxy) is 1. The number of unbranched alkanes of at least 4 members (excludes halogenated alkanes) is 15. The molecule has 0 rings (SSSR count). The number of carbonyl (C=O) groups is 1. The van der Waals surface area contributed by atoms with E-state index in [0.717, 1.165) is 25.7 Å². The van der Waals surface area contributed by atoms with Crippen LogP contribution in [0.25, 0.3) is 0 Å². The van der Waals surface area contributed by atoms with Crippen molar-refractivity contribution in [2.45, 2.75) is 142 Å². The maximum atomic E-state index is 10.9. The van der Waals surface area contributed by atoms with E-state index in [1.165, 1.54) is 103 Å². The Hall–Kier alpha value is -0.370. The summed E-state index contributed by atoms with van der Waals surface area (Å²) in [5.74, 6) is 0. The minimum absolute atomic E-state index is 0.168. The van der Waals surface area contributed by atoms with Gasteiger partial charge in [0.1, 0.15) is 6.29 Å². The van der Waals surface area contributed by atoms with E-state index >= 15 is 0 Å². The highest BCUT2D eigenvalue weighted by atomic mass is 16.5. The van der Waals surface area contributed by atoms with Crippen molar-refractivity contribution in [2.24, 2.45) is 0 Å². The average molecular weight is 369 g/mol. The van der Waals surface area contributed by atoms with Crippen molar-refractivity contribution in [3.05, 3.63) is 0 Å². The molecule has 0 fully saturated rings. The first-order valence-electron chi connectivity index (χ1n) is 11.9. The van der Waals surface area contributed by atoms with Crippen LogP contribution >= 0.6 is 0 Å². The Morgan fingerprint density at radius 2 is 1.04 bits per heavy atom. The Kier molecular flexibility index (Phi) is 22.3. The predicted molar refractivity (Wildman–Crippen MR) is 115 cm³/mol. The zero-order valence-corrected chi connectivity index (χ0v) is 18.1. The molecule has 0 radical (unpaired) electrons. The van der Waals surface area contributed by atoms with Gasteiger partial charge in [0.15, 0.2) is 0 Å². The van der Waals surface area contributed by atoms with E-state index < -0.39 is 0 Å². The van der Waals surface area contributed by atoms with Crippen molar-refractivity contribution >= 4 is 6.29 Å². The summed E-state index contributed by atoms with van der Waals surface area (Å²) in [5.41, 5.74) is 0. The number of rotatable bonds is 22. The number of carbonyl (C=O) groups excluding carboxylic acids is 1. The third-order valence-corrected chi connectivity index (χ3v) is 5.34. The molecule has 0 heterocycles. The Balaban J connectivity index is 3.43. The molecule has 0 aliphatic rings. The molecule has 0 spiro atoms. The Morgan fingerprint density at radius 1 is 0.615 bits per heavy atom. The summed E-state index contributed by atoms with van der Waals surface area (Å²) in [6.07, 6.45) is 25.6. The van der Waals surface area contributed by atoms with Gasteiger partial charge in [0.25, 0.3) is 0 Å². The minimum atomic E-state index is 0.168. The average Bonchev–Trinajstić information content (AvgIpc) is 2.65. The molecule has 0 aromatic heterocycles. The van der Waals surface area contributed by atoms with Gasteiger partial charge in [-0.05, 0) is 12.8 Å². The Morgan fingerprint density at radius 3 is 1.50 bits per heavy atom. The highest BCUT2D eigenvalue weighted by Gasteiger charge is 2.08.